The molecule has 208 valence electrons. The second kappa shape index (κ2) is 9.99. The minimum Gasteiger partial charge on any atom is -0.484 e. The minimum absolute atomic E-state index is 0.173. The number of alkyl halides is 3. The number of hydrogen-bond acceptors (Lipinski definition) is 7. The maximum Gasteiger partial charge on any atom is 0.396 e. The summed E-state index contributed by atoms with van der Waals surface area (Å²) >= 11 is 0. The Labute approximate surface area is 215 Å². The maximum absolute atomic E-state index is 14.7. The van der Waals surface area contributed by atoms with E-state index in [0.717, 1.165) is 31.4 Å². The molecule has 0 spiro atoms. The van der Waals surface area contributed by atoms with E-state index in [1.807, 2.05) is 0 Å². The smallest absolute Gasteiger partial charge is 0.396 e. The zero-order valence-electron chi connectivity index (χ0n) is 20.9. The molecule has 1 aliphatic heterocycles. The molecule has 2 saturated carbocycles. The van der Waals surface area contributed by atoms with Crippen LogP contribution in [-0.2, 0) is 15.9 Å². The Kier molecular flexibility index (Phi) is 7.01. The third-order valence-electron chi connectivity index (χ3n) is 7.23. The Morgan fingerprint density at radius 3 is 2.26 bits per heavy atom. The third-order valence-corrected chi connectivity index (χ3v) is 7.23. The number of rotatable bonds is 10. The molecule has 1 N–H and O–H groups in total. The summed E-state index contributed by atoms with van der Waals surface area (Å²) in [5.41, 5.74) is -1.32. The van der Waals surface area contributed by atoms with Gasteiger partial charge in [-0.15, -0.1) is 0 Å². The lowest BCUT2D eigenvalue weighted by atomic mass is 9.81. The predicted octanol–water partition coefficient (Wildman–Crippen LogP) is 4.59. The normalized spacial score (nSPS) is 23.7. The van der Waals surface area contributed by atoms with Crippen LogP contribution in [0.25, 0.3) is 0 Å². The van der Waals surface area contributed by atoms with Crippen molar-refractivity contribution in [3.8, 4) is 5.75 Å². The Morgan fingerprint density at radius 1 is 1.11 bits per heavy atom. The van der Waals surface area contributed by atoms with Crippen LogP contribution in [0.5, 0.6) is 5.75 Å². The molecular formula is C25H28F5N3O5. The molecule has 2 aliphatic carbocycles. The van der Waals surface area contributed by atoms with Gasteiger partial charge in [-0.25, -0.2) is 8.78 Å². The SMILES string of the molecule is COCC1(COC)CN(c2nc(C(=O)Nc3cc(F)c(OC4CC5C[C@H]5C4)c(F)c3)c(CC(F)(F)F)o2)C1. The van der Waals surface area contributed by atoms with Gasteiger partial charge in [-0.3, -0.25) is 4.79 Å². The number of methoxy groups -OCH3 is 2. The number of nitrogens with zero attached hydrogens (tertiary/aromatic N) is 2. The molecule has 1 aromatic carbocycles. The summed E-state index contributed by atoms with van der Waals surface area (Å²) in [6.07, 6.45) is -3.89. The lowest BCUT2D eigenvalue weighted by Gasteiger charge is -2.48. The number of fused-ring (bicyclic) bond motifs is 1. The number of amides is 1. The van der Waals surface area contributed by atoms with E-state index < -0.39 is 52.8 Å². The quantitative estimate of drug-likeness (QED) is 0.438. The van der Waals surface area contributed by atoms with Crippen molar-refractivity contribution in [2.45, 2.75) is 38.0 Å². The standard InChI is InChI=1S/C25H28F5N3O5/c1-35-11-24(12-36-2)9-33(10-24)23-32-20(19(38-23)8-25(28,29)30)22(34)31-15-6-17(26)21(18(27)7-15)37-16-4-13-3-14(13)5-16/h6-7,13-14,16H,3-5,8-12H2,1-2H3,(H,31,34)/t13-,14?,16?/m0/s1. The van der Waals surface area contributed by atoms with E-state index in [0.29, 0.717) is 38.1 Å². The Balaban J connectivity index is 1.31. The van der Waals surface area contributed by atoms with Crippen LogP contribution in [0.4, 0.5) is 33.7 Å². The van der Waals surface area contributed by atoms with Crippen molar-refractivity contribution in [2.75, 3.05) is 50.7 Å². The first-order valence-corrected chi connectivity index (χ1v) is 12.3. The molecule has 2 aromatic rings. The van der Waals surface area contributed by atoms with Crippen molar-refractivity contribution in [3.05, 3.63) is 35.2 Å². The Morgan fingerprint density at radius 2 is 1.71 bits per heavy atom. The molecule has 3 atom stereocenters. The van der Waals surface area contributed by atoms with Gasteiger partial charge in [0.1, 0.15) is 12.2 Å². The first-order chi connectivity index (χ1) is 18.0. The van der Waals surface area contributed by atoms with Crippen LogP contribution in [0.3, 0.4) is 0 Å². The number of carbonyl (C=O) groups excluding carboxylic acids is 1. The van der Waals surface area contributed by atoms with Crippen molar-refractivity contribution >= 4 is 17.6 Å². The van der Waals surface area contributed by atoms with Gasteiger partial charge < -0.3 is 28.8 Å². The Bertz CT molecular complexity index is 1160. The van der Waals surface area contributed by atoms with E-state index in [-0.39, 0.29) is 17.8 Å². The molecule has 0 radical (unpaired) electrons. The molecule has 3 aliphatic rings. The molecule has 2 heterocycles. The van der Waals surface area contributed by atoms with Crippen LogP contribution < -0.4 is 15.0 Å². The number of aromatic nitrogens is 1. The summed E-state index contributed by atoms with van der Waals surface area (Å²) in [5.74, 6) is -3.28. The topological polar surface area (TPSA) is 86.1 Å². The fraction of sp³-hybridized carbons (Fsp3) is 0.600. The average Bonchev–Trinajstić information content (AvgIpc) is 3.20. The zero-order chi connectivity index (χ0) is 27.2. The summed E-state index contributed by atoms with van der Waals surface area (Å²) in [6, 6.07) is 1.54. The van der Waals surface area contributed by atoms with Gasteiger partial charge in [0.05, 0.1) is 24.7 Å². The fourth-order valence-corrected chi connectivity index (χ4v) is 5.55. The van der Waals surface area contributed by atoms with Gasteiger partial charge in [0.25, 0.3) is 11.9 Å². The molecular weight excluding hydrogens is 517 g/mol. The average molecular weight is 546 g/mol. The zero-order valence-corrected chi connectivity index (χ0v) is 20.9. The number of halogens is 5. The van der Waals surface area contributed by atoms with Crippen LogP contribution in [0, 0.1) is 28.9 Å². The van der Waals surface area contributed by atoms with Gasteiger partial charge >= 0.3 is 6.18 Å². The van der Waals surface area contributed by atoms with Gasteiger partial charge in [-0.1, -0.05) is 0 Å². The summed E-state index contributed by atoms with van der Waals surface area (Å²) in [6.45, 7) is 1.34. The second-order valence-corrected chi connectivity index (χ2v) is 10.5. The van der Waals surface area contributed by atoms with Crippen LogP contribution >= 0.6 is 0 Å². The highest BCUT2D eigenvalue weighted by Crippen LogP contribution is 2.52. The van der Waals surface area contributed by atoms with Crippen LogP contribution in [-0.4, -0.2) is 63.7 Å². The van der Waals surface area contributed by atoms with Crippen LogP contribution in [0.2, 0.25) is 0 Å². The molecule has 1 aromatic heterocycles. The van der Waals surface area contributed by atoms with Gasteiger partial charge in [-0.2, -0.15) is 18.2 Å². The fourth-order valence-electron chi connectivity index (χ4n) is 5.55. The molecule has 38 heavy (non-hydrogen) atoms. The van der Waals surface area contributed by atoms with Crippen molar-refractivity contribution in [1.29, 1.82) is 0 Å². The van der Waals surface area contributed by atoms with E-state index in [1.54, 1.807) is 4.90 Å². The van der Waals surface area contributed by atoms with E-state index in [1.165, 1.54) is 14.2 Å². The molecule has 8 nitrogen and oxygen atoms in total. The lowest BCUT2D eigenvalue weighted by molar-refractivity contribution is -0.130. The number of nitrogens with one attached hydrogen (secondary N) is 1. The molecule has 1 amide bonds. The van der Waals surface area contributed by atoms with Gasteiger partial charge in [0.15, 0.2) is 23.1 Å². The second-order valence-electron chi connectivity index (χ2n) is 10.5. The number of oxazole rings is 1. The van der Waals surface area contributed by atoms with E-state index in [4.69, 9.17) is 18.6 Å². The van der Waals surface area contributed by atoms with E-state index >= 15 is 0 Å². The number of carbonyl (C=O) groups is 1. The minimum atomic E-state index is -4.69. The maximum atomic E-state index is 14.7. The number of benzene rings is 1. The predicted molar refractivity (Wildman–Crippen MR) is 124 cm³/mol. The van der Waals surface area contributed by atoms with Crippen molar-refractivity contribution < 1.29 is 45.4 Å². The number of hydrogen-bond donors (Lipinski definition) is 1. The highest BCUT2D eigenvalue weighted by molar-refractivity contribution is 6.03. The molecule has 1 saturated heterocycles. The monoisotopic (exact) mass is 545 g/mol. The Hall–Kier alpha value is -2.93. The van der Waals surface area contributed by atoms with Crippen molar-refractivity contribution in [1.82, 2.24) is 4.98 Å². The molecule has 5 rings (SSSR count). The third kappa shape index (κ3) is 5.58. The lowest BCUT2D eigenvalue weighted by Crippen LogP contribution is -2.61. The van der Waals surface area contributed by atoms with Gasteiger partial charge in [0, 0.05) is 45.1 Å². The van der Waals surface area contributed by atoms with Gasteiger partial charge in [-0.05, 0) is 31.1 Å². The summed E-state index contributed by atoms with van der Waals surface area (Å²) in [5, 5.41) is 2.22. The molecule has 2 unspecified atom stereocenters. The molecule has 13 heteroatoms. The largest absolute Gasteiger partial charge is 0.484 e. The van der Waals surface area contributed by atoms with Crippen molar-refractivity contribution in [3.63, 3.8) is 0 Å². The van der Waals surface area contributed by atoms with Crippen LogP contribution in [0.1, 0.15) is 35.5 Å². The summed E-state index contributed by atoms with van der Waals surface area (Å²) in [7, 11) is 3.05. The first kappa shape index (κ1) is 26.7. The highest BCUT2D eigenvalue weighted by atomic mass is 19.4. The molecule has 3 fully saturated rings. The van der Waals surface area contributed by atoms with Gasteiger partial charge in [0.2, 0.25) is 0 Å². The first-order valence-electron chi connectivity index (χ1n) is 12.3. The summed E-state index contributed by atoms with van der Waals surface area (Å²) in [4.78, 5) is 18.4. The van der Waals surface area contributed by atoms with E-state index in [9.17, 15) is 26.7 Å². The summed E-state index contributed by atoms with van der Waals surface area (Å²) < 4.78 is 90.2. The molecule has 0 bridgehead atoms. The number of anilines is 2. The van der Waals surface area contributed by atoms with E-state index in [2.05, 4.69) is 10.3 Å². The van der Waals surface area contributed by atoms with Crippen molar-refractivity contribution in [2.24, 2.45) is 17.3 Å². The number of ether oxygens (including phenoxy) is 3. The highest BCUT2D eigenvalue weighted by Gasteiger charge is 2.48. The van der Waals surface area contributed by atoms with Crippen LogP contribution in [0.15, 0.2) is 16.5 Å².